The monoisotopic (exact) mass is 250 g/mol. The highest BCUT2D eigenvalue weighted by atomic mass is 16.3. The van der Waals surface area contributed by atoms with Crippen molar-refractivity contribution in [2.45, 2.75) is 25.3 Å². The molecule has 0 aromatic heterocycles. The van der Waals surface area contributed by atoms with Gasteiger partial charge in [-0.05, 0) is 38.4 Å². The summed E-state index contributed by atoms with van der Waals surface area (Å²) < 4.78 is 0. The zero-order valence-electron chi connectivity index (χ0n) is 10.4. The van der Waals surface area contributed by atoms with E-state index in [0.717, 1.165) is 25.5 Å². The van der Waals surface area contributed by atoms with Gasteiger partial charge in [0.2, 0.25) is 0 Å². The average Bonchev–Trinajstić information content (AvgIpc) is 2.74. The molecule has 5 heteroatoms. The molecule has 5 nitrogen and oxygen atoms in total. The van der Waals surface area contributed by atoms with Gasteiger partial charge in [-0.3, -0.25) is 4.79 Å². The van der Waals surface area contributed by atoms with Gasteiger partial charge >= 0.3 is 0 Å². The standard InChI is InChI=1S/C13H18N2O3/c1-13(5-2-6-15-13)8-14-12(18)10-4-3-9(16)7-11(10)17/h3-4,7,15-17H,2,5-6,8H2,1H3,(H,14,18). The Balaban J connectivity index is 1.99. The van der Waals surface area contributed by atoms with Crippen LogP contribution in [0.2, 0.25) is 0 Å². The summed E-state index contributed by atoms with van der Waals surface area (Å²) in [4.78, 5) is 11.9. The van der Waals surface area contributed by atoms with Crippen LogP contribution < -0.4 is 10.6 Å². The third kappa shape index (κ3) is 2.73. The van der Waals surface area contributed by atoms with E-state index in [-0.39, 0.29) is 28.5 Å². The summed E-state index contributed by atoms with van der Waals surface area (Å²) in [7, 11) is 0. The maximum Gasteiger partial charge on any atom is 0.255 e. The molecule has 98 valence electrons. The second-order valence-electron chi connectivity index (χ2n) is 4.98. The van der Waals surface area contributed by atoms with Gasteiger partial charge in [-0.1, -0.05) is 0 Å². The first-order valence-electron chi connectivity index (χ1n) is 6.05. The van der Waals surface area contributed by atoms with Crippen LogP contribution >= 0.6 is 0 Å². The minimum atomic E-state index is -0.331. The molecule has 2 rings (SSSR count). The topological polar surface area (TPSA) is 81.6 Å². The Morgan fingerprint density at radius 1 is 1.50 bits per heavy atom. The van der Waals surface area contributed by atoms with Gasteiger partial charge in [-0.15, -0.1) is 0 Å². The zero-order chi connectivity index (χ0) is 13.2. The van der Waals surface area contributed by atoms with Crippen LogP contribution in [-0.2, 0) is 0 Å². The molecule has 1 aromatic carbocycles. The van der Waals surface area contributed by atoms with E-state index in [1.54, 1.807) is 0 Å². The van der Waals surface area contributed by atoms with Gasteiger partial charge in [-0.2, -0.15) is 0 Å². The van der Waals surface area contributed by atoms with Crippen LogP contribution in [0, 0.1) is 0 Å². The van der Waals surface area contributed by atoms with Crippen molar-refractivity contribution in [1.82, 2.24) is 10.6 Å². The van der Waals surface area contributed by atoms with Gasteiger partial charge in [-0.25, -0.2) is 0 Å². The number of aromatic hydroxyl groups is 2. The Hall–Kier alpha value is -1.75. The van der Waals surface area contributed by atoms with Crippen molar-refractivity contribution in [2.24, 2.45) is 0 Å². The number of hydrogen-bond donors (Lipinski definition) is 4. The highest BCUT2D eigenvalue weighted by Crippen LogP contribution is 2.23. The van der Waals surface area contributed by atoms with Crippen molar-refractivity contribution in [3.63, 3.8) is 0 Å². The molecule has 1 saturated heterocycles. The molecule has 0 spiro atoms. The summed E-state index contributed by atoms with van der Waals surface area (Å²) in [6, 6.07) is 3.94. The summed E-state index contributed by atoms with van der Waals surface area (Å²) in [6.45, 7) is 3.56. The van der Waals surface area contributed by atoms with E-state index in [1.165, 1.54) is 12.1 Å². The number of hydrogen-bond acceptors (Lipinski definition) is 4. The summed E-state index contributed by atoms with van der Waals surface area (Å²) >= 11 is 0. The number of nitrogens with one attached hydrogen (secondary N) is 2. The van der Waals surface area contributed by atoms with Crippen molar-refractivity contribution < 1.29 is 15.0 Å². The van der Waals surface area contributed by atoms with E-state index >= 15 is 0 Å². The predicted molar refractivity (Wildman–Crippen MR) is 67.7 cm³/mol. The Labute approximate surface area is 106 Å². The molecule has 0 aliphatic carbocycles. The molecular formula is C13H18N2O3. The Bertz CT molecular complexity index is 454. The third-order valence-electron chi connectivity index (χ3n) is 3.32. The molecule has 0 radical (unpaired) electrons. The Morgan fingerprint density at radius 3 is 2.89 bits per heavy atom. The number of amides is 1. The summed E-state index contributed by atoms with van der Waals surface area (Å²) in [5.74, 6) is -0.604. The van der Waals surface area contributed by atoms with Crippen LogP contribution in [0.4, 0.5) is 0 Å². The molecule has 1 heterocycles. The Kier molecular flexibility index (Phi) is 3.43. The maximum absolute atomic E-state index is 11.9. The van der Waals surface area contributed by atoms with Gasteiger partial charge in [0.25, 0.3) is 5.91 Å². The van der Waals surface area contributed by atoms with E-state index in [1.807, 2.05) is 0 Å². The van der Waals surface area contributed by atoms with E-state index in [0.29, 0.717) is 6.54 Å². The molecule has 1 aromatic rings. The molecule has 1 aliphatic rings. The van der Waals surface area contributed by atoms with Crippen molar-refractivity contribution in [3.8, 4) is 11.5 Å². The van der Waals surface area contributed by atoms with Crippen LogP contribution in [0.1, 0.15) is 30.1 Å². The lowest BCUT2D eigenvalue weighted by Crippen LogP contribution is -2.47. The van der Waals surface area contributed by atoms with E-state index in [2.05, 4.69) is 17.6 Å². The van der Waals surface area contributed by atoms with E-state index in [9.17, 15) is 9.90 Å². The first kappa shape index (κ1) is 12.7. The van der Waals surface area contributed by atoms with Crippen LogP contribution in [-0.4, -0.2) is 34.7 Å². The fourth-order valence-electron chi connectivity index (χ4n) is 2.19. The maximum atomic E-state index is 11.9. The highest BCUT2D eigenvalue weighted by molar-refractivity contribution is 5.97. The van der Waals surface area contributed by atoms with E-state index in [4.69, 9.17) is 5.11 Å². The minimum absolute atomic E-state index is 0.0616. The normalized spacial score (nSPS) is 22.9. The van der Waals surface area contributed by atoms with Crippen LogP contribution in [0.25, 0.3) is 0 Å². The van der Waals surface area contributed by atoms with Crippen LogP contribution in [0.15, 0.2) is 18.2 Å². The van der Waals surface area contributed by atoms with Gasteiger partial charge in [0.1, 0.15) is 11.5 Å². The molecule has 1 unspecified atom stereocenters. The molecule has 1 fully saturated rings. The molecule has 0 saturated carbocycles. The molecule has 1 aliphatic heterocycles. The lowest BCUT2D eigenvalue weighted by Gasteiger charge is -2.24. The van der Waals surface area contributed by atoms with Gasteiger partial charge in [0, 0.05) is 18.2 Å². The molecule has 18 heavy (non-hydrogen) atoms. The van der Waals surface area contributed by atoms with Gasteiger partial charge < -0.3 is 20.8 Å². The molecular weight excluding hydrogens is 232 g/mol. The minimum Gasteiger partial charge on any atom is -0.508 e. The number of carbonyl (C=O) groups is 1. The highest BCUT2D eigenvalue weighted by Gasteiger charge is 2.28. The summed E-state index contributed by atoms with van der Waals surface area (Å²) in [5, 5.41) is 24.9. The van der Waals surface area contributed by atoms with Crippen molar-refractivity contribution in [1.29, 1.82) is 0 Å². The van der Waals surface area contributed by atoms with Crippen LogP contribution in [0.3, 0.4) is 0 Å². The first-order valence-corrected chi connectivity index (χ1v) is 6.05. The second kappa shape index (κ2) is 4.86. The molecule has 1 atom stereocenters. The quantitative estimate of drug-likeness (QED) is 0.644. The summed E-state index contributed by atoms with van der Waals surface area (Å²) in [5.41, 5.74) is 0.108. The Morgan fingerprint density at radius 2 is 2.28 bits per heavy atom. The first-order chi connectivity index (χ1) is 8.50. The molecule has 1 amide bonds. The summed E-state index contributed by atoms with van der Waals surface area (Å²) in [6.07, 6.45) is 2.13. The number of rotatable bonds is 3. The number of phenolic OH excluding ortho intramolecular Hbond substituents is 2. The zero-order valence-corrected chi connectivity index (χ0v) is 10.4. The average molecular weight is 250 g/mol. The van der Waals surface area contributed by atoms with Crippen molar-refractivity contribution in [2.75, 3.05) is 13.1 Å². The second-order valence-corrected chi connectivity index (χ2v) is 4.98. The lowest BCUT2D eigenvalue weighted by molar-refractivity contribution is 0.0940. The number of benzene rings is 1. The van der Waals surface area contributed by atoms with Crippen molar-refractivity contribution >= 4 is 5.91 Å². The van der Waals surface area contributed by atoms with Gasteiger partial charge in [0.05, 0.1) is 5.56 Å². The van der Waals surface area contributed by atoms with Crippen LogP contribution in [0.5, 0.6) is 11.5 Å². The number of carbonyl (C=O) groups excluding carboxylic acids is 1. The number of phenols is 2. The largest absolute Gasteiger partial charge is 0.508 e. The SMILES string of the molecule is CC1(CNC(=O)c2ccc(O)cc2O)CCCN1. The third-order valence-corrected chi connectivity index (χ3v) is 3.32. The smallest absolute Gasteiger partial charge is 0.255 e. The fraction of sp³-hybridized carbons (Fsp3) is 0.462. The van der Waals surface area contributed by atoms with E-state index < -0.39 is 0 Å². The fourth-order valence-corrected chi connectivity index (χ4v) is 2.19. The predicted octanol–water partition coefficient (Wildman–Crippen LogP) is 0.970. The van der Waals surface area contributed by atoms with Gasteiger partial charge in [0.15, 0.2) is 0 Å². The molecule has 0 bridgehead atoms. The lowest BCUT2D eigenvalue weighted by atomic mass is 10.0. The van der Waals surface area contributed by atoms with Crippen molar-refractivity contribution in [3.05, 3.63) is 23.8 Å². The molecule has 4 N–H and O–H groups in total.